The van der Waals surface area contributed by atoms with Crippen molar-refractivity contribution in [3.8, 4) is 0 Å². The lowest BCUT2D eigenvalue weighted by molar-refractivity contribution is -0.0145. The number of aromatic nitrogens is 2. The number of hydrogen-bond acceptors (Lipinski definition) is 4. The van der Waals surface area contributed by atoms with Crippen LogP contribution in [0, 0.1) is 12.3 Å². The smallest absolute Gasteiger partial charge is 0.224 e. The molecular weight excluding hydrogens is 262 g/mol. The molecule has 2 rings (SSSR count). The topological polar surface area (TPSA) is 58.0 Å². The quantitative estimate of drug-likeness (QED) is 0.837. The van der Waals surface area contributed by atoms with Gasteiger partial charge >= 0.3 is 0 Å². The highest BCUT2D eigenvalue weighted by Gasteiger charge is 2.36. The Kier molecular flexibility index (Phi) is 4.02. The molecule has 0 bridgehead atoms. The number of aryl methyl sites for hydroxylation is 1. The SMILES string of the molecule is Cc1cc(NCC2(O)CCC(C)(C)CC2)nc(Cl)n1. The molecule has 0 radical (unpaired) electrons. The maximum Gasteiger partial charge on any atom is 0.224 e. The summed E-state index contributed by atoms with van der Waals surface area (Å²) in [5.74, 6) is 0.677. The van der Waals surface area contributed by atoms with Crippen LogP contribution in [0.15, 0.2) is 6.07 Å². The predicted octanol–water partition coefficient (Wildman–Crippen LogP) is 3.18. The van der Waals surface area contributed by atoms with E-state index in [1.165, 1.54) is 0 Å². The molecule has 1 fully saturated rings. The lowest BCUT2D eigenvalue weighted by Gasteiger charge is -2.40. The average Bonchev–Trinajstić information content (AvgIpc) is 2.30. The Hall–Kier alpha value is -0.870. The summed E-state index contributed by atoms with van der Waals surface area (Å²) in [5.41, 5.74) is 0.529. The molecule has 0 aliphatic heterocycles. The first-order valence-electron chi connectivity index (χ1n) is 6.76. The van der Waals surface area contributed by atoms with Gasteiger partial charge in [-0.1, -0.05) is 13.8 Å². The van der Waals surface area contributed by atoms with Crippen molar-refractivity contribution in [2.45, 2.75) is 52.1 Å². The van der Waals surface area contributed by atoms with Gasteiger partial charge in [-0.25, -0.2) is 9.97 Å². The highest BCUT2D eigenvalue weighted by atomic mass is 35.5. The number of anilines is 1. The first-order valence-corrected chi connectivity index (χ1v) is 7.13. The van der Waals surface area contributed by atoms with Crippen LogP contribution in [-0.2, 0) is 0 Å². The molecular formula is C14H22ClN3O. The van der Waals surface area contributed by atoms with E-state index in [-0.39, 0.29) is 5.28 Å². The minimum Gasteiger partial charge on any atom is -0.388 e. The second kappa shape index (κ2) is 5.25. The van der Waals surface area contributed by atoms with Gasteiger partial charge in [-0.05, 0) is 49.6 Å². The van der Waals surface area contributed by atoms with Gasteiger partial charge < -0.3 is 10.4 Å². The lowest BCUT2D eigenvalue weighted by atomic mass is 9.71. The molecule has 4 nitrogen and oxygen atoms in total. The van der Waals surface area contributed by atoms with Crippen molar-refractivity contribution < 1.29 is 5.11 Å². The van der Waals surface area contributed by atoms with E-state index in [9.17, 15) is 5.11 Å². The van der Waals surface area contributed by atoms with Crippen molar-refractivity contribution >= 4 is 17.4 Å². The molecule has 1 heterocycles. The van der Waals surface area contributed by atoms with E-state index < -0.39 is 5.60 Å². The highest BCUT2D eigenvalue weighted by Crippen LogP contribution is 2.40. The van der Waals surface area contributed by atoms with Gasteiger partial charge in [0.1, 0.15) is 5.82 Å². The normalized spacial score (nSPS) is 21.1. The van der Waals surface area contributed by atoms with Gasteiger partial charge in [0.25, 0.3) is 0 Å². The Balaban J connectivity index is 1.95. The molecule has 2 N–H and O–H groups in total. The molecule has 0 amide bonds. The van der Waals surface area contributed by atoms with E-state index in [0.717, 1.165) is 31.4 Å². The molecule has 1 aliphatic rings. The van der Waals surface area contributed by atoms with Crippen molar-refractivity contribution in [2.24, 2.45) is 5.41 Å². The van der Waals surface area contributed by atoms with Crippen LogP contribution in [0.25, 0.3) is 0 Å². The Morgan fingerprint density at radius 2 is 1.89 bits per heavy atom. The minimum atomic E-state index is -0.638. The Morgan fingerprint density at radius 3 is 2.47 bits per heavy atom. The molecule has 19 heavy (non-hydrogen) atoms. The number of aliphatic hydroxyl groups is 1. The highest BCUT2D eigenvalue weighted by molar-refractivity contribution is 6.28. The largest absolute Gasteiger partial charge is 0.388 e. The molecule has 0 atom stereocenters. The van der Waals surface area contributed by atoms with E-state index >= 15 is 0 Å². The molecule has 0 unspecified atom stereocenters. The van der Waals surface area contributed by atoms with Crippen LogP contribution in [0.1, 0.15) is 45.2 Å². The second-order valence-electron chi connectivity index (χ2n) is 6.41. The third kappa shape index (κ3) is 4.05. The van der Waals surface area contributed by atoms with Gasteiger partial charge in [0, 0.05) is 18.3 Å². The van der Waals surface area contributed by atoms with Crippen LogP contribution in [0.3, 0.4) is 0 Å². The van der Waals surface area contributed by atoms with Gasteiger partial charge in [-0.3, -0.25) is 0 Å². The Labute approximate surface area is 119 Å². The zero-order valence-corrected chi connectivity index (χ0v) is 12.6. The summed E-state index contributed by atoms with van der Waals surface area (Å²) < 4.78 is 0. The second-order valence-corrected chi connectivity index (χ2v) is 6.74. The summed E-state index contributed by atoms with van der Waals surface area (Å²) in [6.45, 7) is 6.90. The Bertz CT molecular complexity index is 432. The number of halogens is 1. The van der Waals surface area contributed by atoms with Gasteiger partial charge in [0.05, 0.1) is 5.60 Å². The molecule has 1 aliphatic carbocycles. The summed E-state index contributed by atoms with van der Waals surface area (Å²) in [7, 11) is 0. The molecule has 1 aromatic rings. The van der Waals surface area contributed by atoms with E-state index in [0.29, 0.717) is 17.8 Å². The van der Waals surface area contributed by atoms with Gasteiger partial charge in [0.15, 0.2) is 0 Å². The van der Waals surface area contributed by atoms with Crippen LogP contribution < -0.4 is 5.32 Å². The minimum absolute atomic E-state index is 0.235. The molecule has 106 valence electrons. The van der Waals surface area contributed by atoms with Crippen molar-refractivity contribution in [3.05, 3.63) is 17.0 Å². The summed E-state index contributed by atoms with van der Waals surface area (Å²) in [4.78, 5) is 8.13. The van der Waals surface area contributed by atoms with E-state index in [4.69, 9.17) is 11.6 Å². The first kappa shape index (κ1) is 14.5. The van der Waals surface area contributed by atoms with Crippen LogP contribution in [0.4, 0.5) is 5.82 Å². The van der Waals surface area contributed by atoms with Crippen LogP contribution in [0.2, 0.25) is 5.28 Å². The average molecular weight is 284 g/mol. The third-order valence-electron chi connectivity index (χ3n) is 3.96. The number of nitrogens with zero attached hydrogens (tertiary/aromatic N) is 2. The molecule has 5 heteroatoms. The maximum atomic E-state index is 10.6. The van der Waals surface area contributed by atoms with Crippen molar-refractivity contribution in [1.29, 1.82) is 0 Å². The lowest BCUT2D eigenvalue weighted by Crippen LogP contribution is -2.42. The molecule has 0 spiro atoms. The summed E-state index contributed by atoms with van der Waals surface area (Å²) in [6, 6.07) is 1.84. The Morgan fingerprint density at radius 1 is 1.26 bits per heavy atom. The zero-order chi connectivity index (χ0) is 14.1. The molecule has 0 aromatic carbocycles. The fourth-order valence-electron chi connectivity index (χ4n) is 2.45. The molecule has 1 aromatic heterocycles. The van der Waals surface area contributed by atoms with Crippen molar-refractivity contribution in [2.75, 3.05) is 11.9 Å². The van der Waals surface area contributed by atoms with Crippen LogP contribution >= 0.6 is 11.6 Å². The number of nitrogens with one attached hydrogen (secondary N) is 1. The standard InChI is InChI=1S/C14H22ClN3O/c1-10-8-11(18-12(15)17-10)16-9-14(19)6-4-13(2,3)5-7-14/h8,19H,4-7,9H2,1-3H3,(H,16,17,18). The molecule has 1 saturated carbocycles. The number of hydrogen-bond donors (Lipinski definition) is 2. The maximum absolute atomic E-state index is 10.6. The van der Waals surface area contributed by atoms with Gasteiger partial charge in [-0.15, -0.1) is 0 Å². The van der Waals surface area contributed by atoms with E-state index in [1.807, 2.05) is 13.0 Å². The monoisotopic (exact) mass is 283 g/mol. The summed E-state index contributed by atoms with van der Waals surface area (Å²) in [5, 5.41) is 14.0. The van der Waals surface area contributed by atoms with Crippen molar-refractivity contribution in [3.63, 3.8) is 0 Å². The van der Waals surface area contributed by atoms with E-state index in [1.54, 1.807) is 0 Å². The fourth-order valence-corrected chi connectivity index (χ4v) is 2.67. The van der Waals surface area contributed by atoms with Gasteiger partial charge in [-0.2, -0.15) is 0 Å². The summed E-state index contributed by atoms with van der Waals surface area (Å²) >= 11 is 5.82. The van der Waals surface area contributed by atoms with E-state index in [2.05, 4.69) is 29.1 Å². The predicted molar refractivity (Wildman–Crippen MR) is 77.5 cm³/mol. The van der Waals surface area contributed by atoms with Gasteiger partial charge in [0.2, 0.25) is 5.28 Å². The fraction of sp³-hybridized carbons (Fsp3) is 0.714. The van der Waals surface area contributed by atoms with Crippen LogP contribution in [0.5, 0.6) is 0 Å². The molecule has 0 saturated heterocycles. The zero-order valence-electron chi connectivity index (χ0n) is 11.8. The summed E-state index contributed by atoms with van der Waals surface area (Å²) in [6.07, 6.45) is 3.75. The first-order chi connectivity index (χ1) is 8.78. The number of rotatable bonds is 3. The van der Waals surface area contributed by atoms with Crippen LogP contribution in [-0.4, -0.2) is 27.2 Å². The third-order valence-corrected chi connectivity index (χ3v) is 4.13. The van der Waals surface area contributed by atoms with Crippen molar-refractivity contribution in [1.82, 2.24) is 9.97 Å².